The third-order valence-electron chi connectivity index (χ3n) is 4.63. The Morgan fingerprint density at radius 1 is 1.17 bits per heavy atom. The summed E-state index contributed by atoms with van der Waals surface area (Å²) in [6, 6.07) is 6.37. The summed E-state index contributed by atoms with van der Waals surface area (Å²) in [5, 5.41) is 0. The lowest BCUT2D eigenvalue weighted by Crippen LogP contribution is -2.35. The molecule has 1 aliphatic carbocycles. The third-order valence-corrected chi connectivity index (χ3v) is 4.63. The minimum Gasteiger partial charge on any atom is -0.398 e. The van der Waals surface area contributed by atoms with Crippen molar-refractivity contribution in [3.8, 4) is 0 Å². The van der Waals surface area contributed by atoms with Gasteiger partial charge in [-0.2, -0.15) is 0 Å². The molecule has 0 amide bonds. The van der Waals surface area contributed by atoms with Crippen molar-refractivity contribution in [2.24, 2.45) is 5.92 Å². The molecule has 0 bridgehead atoms. The average molecular weight is 244 g/mol. The second-order valence-electron chi connectivity index (χ2n) is 5.97. The van der Waals surface area contributed by atoms with Crippen LogP contribution in [0.2, 0.25) is 0 Å². The van der Waals surface area contributed by atoms with Crippen LogP contribution in [0.25, 0.3) is 0 Å². The molecule has 0 radical (unpaired) electrons. The van der Waals surface area contributed by atoms with Gasteiger partial charge in [-0.05, 0) is 42.4 Å². The Balaban J connectivity index is 1.65. The quantitative estimate of drug-likeness (QED) is 0.809. The summed E-state index contributed by atoms with van der Waals surface area (Å²) in [6.45, 7) is 3.57. The fourth-order valence-corrected chi connectivity index (χ4v) is 3.55. The maximum absolute atomic E-state index is 6.11. The standard InChI is InChI=1S/C16H24N2/c17-16-8-4-7-14-9-10-18(12-15(14)16)11-13-5-2-1-3-6-13/h4,7-8,13H,1-3,5-6,9-12,17H2. The van der Waals surface area contributed by atoms with Gasteiger partial charge < -0.3 is 5.73 Å². The number of nitrogens with two attached hydrogens (primary N) is 1. The number of hydrogen-bond acceptors (Lipinski definition) is 2. The summed E-state index contributed by atoms with van der Waals surface area (Å²) < 4.78 is 0. The molecule has 0 spiro atoms. The number of rotatable bonds is 2. The zero-order valence-corrected chi connectivity index (χ0v) is 11.2. The normalized spacial score (nSPS) is 21.8. The first-order valence-corrected chi connectivity index (χ1v) is 7.41. The van der Waals surface area contributed by atoms with E-state index in [9.17, 15) is 0 Å². The summed E-state index contributed by atoms with van der Waals surface area (Å²) in [6.07, 6.45) is 8.38. The highest BCUT2D eigenvalue weighted by atomic mass is 15.1. The fourth-order valence-electron chi connectivity index (χ4n) is 3.55. The molecule has 1 aliphatic heterocycles. The maximum Gasteiger partial charge on any atom is 0.0362 e. The smallest absolute Gasteiger partial charge is 0.0362 e. The lowest BCUT2D eigenvalue weighted by atomic mass is 9.88. The Hall–Kier alpha value is -1.02. The molecule has 0 unspecified atom stereocenters. The van der Waals surface area contributed by atoms with Crippen LogP contribution in [0.15, 0.2) is 18.2 Å². The van der Waals surface area contributed by atoms with E-state index in [-0.39, 0.29) is 0 Å². The summed E-state index contributed by atoms with van der Waals surface area (Å²) in [7, 11) is 0. The third kappa shape index (κ3) is 2.54. The van der Waals surface area contributed by atoms with E-state index >= 15 is 0 Å². The van der Waals surface area contributed by atoms with Crippen molar-refractivity contribution in [3.63, 3.8) is 0 Å². The maximum atomic E-state index is 6.11. The minimum absolute atomic E-state index is 0.935. The molecule has 0 saturated heterocycles. The van der Waals surface area contributed by atoms with Gasteiger partial charge >= 0.3 is 0 Å². The fraction of sp³-hybridized carbons (Fsp3) is 0.625. The Morgan fingerprint density at radius 3 is 2.83 bits per heavy atom. The zero-order chi connectivity index (χ0) is 12.4. The van der Waals surface area contributed by atoms with Crippen LogP contribution >= 0.6 is 0 Å². The Morgan fingerprint density at radius 2 is 2.00 bits per heavy atom. The van der Waals surface area contributed by atoms with E-state index in [1.807, 2.05) is 6.07 Å². The highest BCUT2D eigenvalue weighted by molar-refractivity contribution is 5.51. The first-order chi connectivity index (χ1) is 8.83. The average Bonchev–Trinajstić information content (AvgIpc) is 2.41. The summed E-state index contributed by atoms with van der Waals surface area (Å²) in [4.78, 5) is 2.62. The van der Waals surface area contributed by atoms with Crippen molar-refractivity contribution in [2.75, 3.05) is 18.8 Å². The van der Waals surface area contributed by atoms with E-state index < -0.39 is 0 Å². The van der Waals surface area contributed by atoms with Gasteiger partial charge in [0.15, 0.2) is 0 Å². The first-order valence-electron chi connectivity index (χ1n) is 7.41. The summed E-state index contributed by atoms with van der Waals surface area (Å²) >= 11 is 0. The highest BCUT2D eigenvalue weighted by Crippen LogP contribution is 2.28. The van der Waals surface area contributed by atoms with Crippen molar-refractivity contribution < 1.29 is 0 Å². The van der Waals surface area contributed by atoms with Crippen LogP contribution in [0, 0.1) is 5.92 Å². The molecule has 18 heavy (non-hydrogen) atoms. The molecule has 2 aliphatic rings. The largest absolute Gasteiger partial charge is 0.398 e. The van der Waals surface area contributed by atoms with Gasteiger partial charge in [0.05, 0.1) is 0 Å². The van der Waals surface area contributed by atoms with Gasteiger partial charge in [0.2, 0.25) is 0 Å². The molecule has 0 aromatic heterocycles. The van der Waals surface area contributed by atoms with Crippen LogP contribution in [0.1, 0.15) is 43.2 Å². The molecule has 1 saturated carbocycles. The molecule has 1 aromatic carbocycles. The molecule has 2 N–H and O–H groups in total. The predicted molar refractivity (Wildman–Crippen MR) is 76.4 cm³/mol. The topological polar surface area (TPSA) is 29.3 Å². The molecule has 1 aromatic rings. The summed E-state index contributed by atoms with van der Waals surface area (Å²) in [5.41, 5.74) is 9.95. The van der Waals surface area contributed by atoms with Gasteiger partial charge in [-0.25, -0.2) is 0 Å². The van der Waals surface area contributed by atoms with Crippen molar-refractivity contribution in [1.29, 1.82) is 0 Å². The number of anilines is 1. The first kappa shape index (κ1) is 12.0. The van der Waals surface area contributed by atoms with Crippen molar-refractivity contribution in [1.82, 2.24) is 4.90 Å². The van der Waals surface area contributed by atoms with E-state index in [2.05, 4.69) is 17.0 Å². The van der Waals surface area contributed by atoms with Crippen molar-refractivity contribution >= 4 is 5.69 Å². The van der Waals surface area contributed by atoms with Crippen molar-refractivity contribution in [2.45, 2.75) is 45.1 Å². The second-order valence-corrected chi connectivity index (χ2v) is 5.97. The Bertz CT molecular complexity index is 408. The molecular weight excluding hydrogens is 220 g/mol. The van der Waals surface area contributed by atoms with Gasteiger partial charge in [-0.3, -0.25) is 4.90 Å². The molecular formula is C16H24N2. The van der Waals surface area contributed by atoms with Crippen molar-refractivity contribution in [3.05, 3.63) is 29.3 Å². The van der Waals surface area contributed by atoms with Crippen LogP contribution < -0.4 is 5.73 Å². The van der Waals surface area contributed by atoms with Crippen LogP contribution in [-0.2, 0) is 13.0 Å². The molecule has 1 fully saturated rings. The number of nitrogen functional groups attached to an aromatic ring is 1. The number of hydrogen-bond donors (Lipinski definition) is 1. The van der Waals surface area contributed by atoms with Crippen LogP contribution in [0.4, 0.5) is 5.69 Å². The van der Waals surface area contributed by atoms with Gasteiger partial charge in [0.1, 0.15) is 0 Å². The number of fused-ring (bicyclic) bond motifs is 1. The highest BCUT2D eigenvalue weighted by Gasteiger charge is 2.22. The molecule has 2 nitrogen and oxygen atoms in total. The van der Waals surface area contributed by atoms with Crippen LogP contribution in [0.5, 0.6) is 0 Å². The van der Waals surface area contributed by atoms with Crippen LogP contribution in [0.3, 0.4) is 0 Å². The predicted octanol–water partition coefficient (Wildman–Crippen LogP) is 3.21. The van der Waals surface area contributed by atoms with Gasteiger partial charge in [0.25, 0.3) is 0 Å². The van der Waals surface area contributed by atoms with Gasteiger partial charge in [-0.1, -0.05) is 31.4 Å². The van der Waals surface area contributed by atoms with Gasteiger partial charge in [0, 0.05) is 25.3 Å². The molecule has 98 valence electrons. The second kappa shape index (κ2) is 5.31. The van der Waals surface area contributed by atoms with E-state index in [0.717, 1.165) is 18.2 Å². The lowest BCUT2D eigenvalue weighted by Gasteiger charge is -2.33. The van der Waals surface area contributed by atoms with E-state index in [0.29, 0.717) is 0 Å². The Labute approximate surface area is 110 Å². The lowest BCUT2D eigenvalue weighted by molar-refractivity contribution is 0.187. The molecule has 2 heteroatoms. The SMILES string of the molecule is Nc1cccc2c1CN(CC1CCCCC1)CC2. The van der Waals surface area contributed by atoms with E-state index in [1.54, 1.807) is 0 Å². The van der Waals surface area contributed by atoms with E-state index in [1.165, 1.54) is 62.7 Å². The molecule has 3 rings (SSSR count). The Kier molecular flexibility index (Phi) is 3.55. The molecule has 1 heterocycles. The van der Waals surface area contributed by atoms with Gasteiger partial charge in [-0.15, -0.1) is 0 Å². The van der Waals surface area contributed by atoms with Crippen LogP contribution in [-0.4, -0.2) is 18.0 Å². The number of benzene rings is 1. The van der Waals surface area contributed by atoms with E-state index in [4.69, 9.17) is 5.73 Å². The minimum atomic E-state index is 0.935. The molecule has 0 atom stereocenters. The summed E-state index contributed by atoms with van der Waals surface area (Å²) in [5.74, 6) is 0.935. The monoisotopic (exact) mass is 244 g/mol. The number of nitrogens with zero attached hydrogens (tertiary/aromatic N) is 1. The zero-order valence-electron chi connectivity index (χ0n) is 11.2.